The summed E-state index contributed by atoms with van der Waals surface area (Å²) < 4.78 is 0. The predicted octanol–water partition coefficient (Wildman–Crippen LogP) is 4.03. The predicted molar refractivity (Wildman–Crippen MR) is 97.9 cm³/mol. The summed E-state index contributed by atoms with van der Waals surface area (Å²) in [6, 6.07) is 18.8. The molecule has 4 heteroatoms. The third kappa shape index (κ3) is 2.52. The molecule has 4 rings (SSSR count). The molecule has 0 radical (unpaired) electrons. The normalized spacial score (nSPS) is 13.9. The molecule has 1 heterocycles. The minimum atomic E-state index is -0.393. The lowest BCUT2D eigenvalue weighted by Crippen LogP contribution is -2.36. The molecule has 0 bridgehead atoms. The zero-order valence-corrected chi connectivity index (χ0v) is 13.8. The molecule has 0 saturated heterocycles. The first-order chi connectivity index (χ1) is 12.2. The van der Waals surface area contributed by atoms with Gasteiger partial charge in [0, 0.05) is 5.39 Å². The van der Waals surface area contributed by atoms with Crippen molar-refractivity contribution in [3.8, 4) is 0 Å². The molecule has 4 nitrogen and oxygen atoms in total. The Morgan fingerprint density at radius 3 is 2.04 bits per heavy atom. The van der Waals surface area contributed by atoms with Crippen molar-refractivity contribution in [2.75, 3.05) is 0 Å². The summed E-state index contributed by atoms with van der Waals surface area (Å²) in [6.07, 6.45) is 2.50. The van der Waals surface area contributed by atoms with Crippen LogP contribution in [0.3, 0.4) is 0 Å². The van der Waals surface area contributed by atoms with E-state index in [2.05, 4.69) is 12.0 Å². The lowest BCUT2D eigenvalue weighted by atomic mass is 9.95. The SMILES string of the molecule is CCc1ccc(/C=N\N2C(=O)c3cccc4cccc(c34)C2=O)cc1. The molecule has 0 fully saturated rings. The Hall–Kier alpha value is -3.27. The van der Waals surface area contributed by atoms with Crippen molar-refractivity contribution in [1.29, 1.82) is 0 Å². The number of nitrogens with zero attached hydrogens (tertiary/aromatic N) is 2. The van der Waals surface area contributed by atoms with Crippen LogP contribution >= 0.6 is 0 Å². The van der Waals surface area contributed by atoms with Gasteiger partial charge in [0.1, 0.15) is 0 Å². The number of benzene rings is 3. The number of aryl methyl sites for hydroxylation is 1. The third-order valence-corrected chi connectivity index (χ3v) is 4.46. The highest BCUT2D eigenvalue weighted by Crippen LogP contribution is 2.29. The van der Waals surface area contributed by atoms with E-state index in [1.165, 1.54) is 5.56 Å². The van der Waals surface area contributed by atoms with Gasteiger partial charge in [0.15, 0.2) is 0 Å². The van der Waals surface area contributed by atoms with Crippen LogP contribution in [0.15, 0.2) is 65.8 Å². The van der Waals surface area contributed by atoms with E-state index in [9.17, 15) is 9.59 Å². The summed E-state index contributed by atoms with van der Waals surface area (Å²) in [5, 5.41) is 6.71. The number of hydrogen-bond donors (Lipinski definition) is 0. The summed E-state index contributed by atoms with van der Waals surface area (Å²) in [5.74, 6) is -0.786. The van der Waals surface area contributed by atoms with Crippen LogP contribution in [0.5, 0.6) is 0 Å². The second-order valence-electron chi connectivity index (χ2n) is 5.97. The average Bonchev–Trinajstić information content (AvgIpc) is 2.66. The lowest BCUT2D eigenvalue weighted by molar-refractivity contribution is 0.0616. The standard InChI is InChI=1S/C21H16N2O2/c1-2-14-9-11-15(12-10-14)13-22-23-20(24)17-7-3-5-16-6-4-8-18(19(16)17)21(23)25/h3-13H,2H2,1H3/b22-13-. The van der Waals surface area contributed by atoms with Crippen LogP contribution < -0.4 is 0 Å². The van der Waals surface area contributed by atoms with E-state index in [1.807, 2.05) is 48.5 Å². The van der Waals surface area contributed by atoms with Crippen LogP contribution in [0.1, 0.15) is 38.8 Å². The lowest BCUT2D eigenvalue weighted by Gasteiger charge is -2.22. The monoisotopic (exact) mass is 328 g/mol. The molecule has 3 aromatic rings. The van der Waals surface area contributed by atoms with E-state index in [1.54, 1.807) is 18.3 Å². The van der Waals surface area contributed by atoms with Crippen molar-refractivity contribution in [3.05, 3.63) is 82.9 Å². The van der Waals surface area contributed by atoms with Crippen LogP contribution in [-0.4, -0.2) is 23.0 Å². The maximum Gasteiger partial charge on any atom is 0.282 e. The first-order valence-electron chi connectivity index (χ1n) is 8.22. The van der Waals surface area contributed by atoms with E-state index < -0.39 is 11.8 Å². The van der Waals surface area contributed by atoms with Gasteiger partial charge in [-0.25, -0.2) is 0 Å². The van der Waals surface area contributed by atoms with Gasteiger partial charge in [0.05, 0.1) is 17.3 Å². The number of hydrazone groups is 1. The summed E-state index contributed by atoms with van der Waals surface area (Å²) in [4.78, 5) is 25.5. The molecule has 3 aromatic carbocycles. The van der Waals surface area contributed by atoms with Gasteiger partial charge in [-0.2, -0.15) is 10.1 Å². The van der Waals surface area contributed by atoms with Crippen LogP contribution in [0, 0.1) is 0 Å². The first kappa shape index (κ1) is 15.3. The maximum absolute atomic E-state index is 12.7. The molecule has 0 N–H and O–H groups in total. The molecule has 122 valence electrons. The fourth-order valence-corrected chi connectivity index (χ4v) is 3.09. The molecule has 0 spiro atoms. The van der Waals surface area contributed by atoms with Crippen molar-refractivity contribution in [2.24, 2.45) is 5.10 Å². The quantitative estimate of drug-likeness (QED) is 0.538. The summed E-state index contributed by atoms with van der Waals surface area (Å²) in [5.41, 5.74) is 3.08. The molecule has 0 atom stereocenters. The van der Waals surface area contributed by atoms with Crippen molar-refractivity contribution >= 4 is 28.8 Å². The third-order valence-electron chi connectivity index (χ3n) is 4.46. The number of rotatable bonds is 3. The average molecular weight is 328 g/mol. The second-order valence-corrected chi connectivity index (χ2v) is 5.97. The molecule has 1 aliphatic heterocycles. The Balaban J connectivity index is 1.73. The number of carbonyl (C=O) groups is 2. The Labute approximate surface area is 145 Å². The molecule has 0 unspecified atom stereocenters. The second kappa shape index (κ2) is 5.98. The molecule has 25 heavy (non-hydrogen) atoms. The van der Waals surface area contributed by atoms with Gasteiger partial charge in [-0.1, -0.05) is 55.5 Å². The fourth-order valence-electron chi connectivity index (χ4n) is 3.09. The zero-order valence-electron chi connectivity index (χ0n) is 13.8. The molecule has 0 aliphatic carbocycles. The molecule has 0 aromatic heterocycles. The van der Waals surface area contributed by atoms with Crippen LogP contribution in [-0.2, 0) is 6.42 Å². The van der Waals surface area contributed by atoms with Crippen LogP contribution in [0.25, 0.3) is 10.8 Å². The molecular weight excluding hydrogens is 312 g/mol. The van der Waals surface area contributed by atoms with Gasteiger partial charge in [-0.05, 0) is 35.1 Å². The van der Waals surface area contributed by atoms with Crippen LogP contribution in [0.4, 0.5) is 0 Å². The highest BCUT2D eigenvalue weighted by molar-refractivity contribution is 6.25. The fraction of sp³-hybridized carbons (Fsp3) is 0.0952. The van der Waals surface area contributed by atoms with Gasteiger partial charge in [0.2, 0.25) is 0 Å². The highest BCUT2D eigenvalue weighted by Gasteiger charge is 2.32. The van der Waals surface area contributed by atoms with Gasteiger partial charge in [-0.3, -0.25) is 9.59 Å². The van der Waals surface area contributed by atoms with Crippen molar-refractivity contribution in [2.45, 2.75) is 13.3 Å². The Morgan fingerprint density at radius 1 is 0.880 bits per heavy atom. The molecular formula is C21H16N2O2. The summed E-state index contributed by atoms with van der Waals surface area (Å²) in [6.45, 7) is 2.09. The van der Waals surface area contributed by atoms with E-state index in [0.717, 1.165) is 22.4 Å². The van der Waals surface area contributed by atoms with Gasteiger partial charge < -0.3 is 0 Å². The van der Waals surface area contributed by atoms with Gasteiger partial charge in [-0.15, -0.1) is 0 Å². The Kier molecular flexibility index (Phi) is 3.65. The Bertz CT molecular complexity index is 969. The van der Waals surface area contributed by atoms with Gasteiger partial charge in [0.25, 0.3) is 11.8 Å². The van der Waals surface area contributed by atoms with Crippen molar-refractivity contribution in [1.82, 2.24) is 5.01 Å². The topological polar surface area (TPSA) is 49.7 Å². The molecule has 0 saturated carbocycles. The maximum atomic E-state index is 12.7. The molecule has 1 aliphatic rings. The van der Waals surface area contributed by atoms with Crippen molar-refractivity contribution in [3.63, 3.8) is 0 Å². The highest BCUT2D eigenvalue weighted by atomic mass is 16.2. The number of amides is 2. The van der Waals surface area contributed by atoms with Gasteiger partial charge >= 0.3 is 0 Å². The van der Waals surface area contributed by atoms with E-state index in [4.69, 9.17) is 0 Å². The smallest absolute Gasteiger partial charge is 0.267 e. The Morgan fingerprint density at radius 2 is 1.48 bits per heavy atom. The molecule has 2 amide bonds. The zero-order chi connectivity index (χ0) is 17.4. The number of hydrogen-bond acceptors (Lipinski definition) is 3. The minimum Gasteiger partial charge on any atom is -0.267 e. The largest absolute Gasteiger partial charge is 0.282 e. The van der Waals surface area contributed by atoms with E-state index >= 15 is 0 Å². The number of imide groups is 1. The summed E-state index contributed by atoms with van der Waals surface area (Å²) in [7, 11) is 0. The van der Waals surface area contributed by atoms with E-state index in [-0.39, 0.29) is 0 Å². The summed E-state index contributed by atoms with van der Waals surface area (Å²) >= 11 is 0. The number of carbonyl (C=O) groups excluding carboxylic acids is 2. The minimum absolute atomic E-state index is 0.393. The van der Waals surface area contributed by atoms with E-state index in [0.29, 0.717) is 16.5 Å². The first-order valence-corrected chi connectivity index (χ1v) is 8.22. The van der Waals surface area contributed by atoms with Crippen LogP contribution in [0.2, 0.25) is 0 Å². The van der Waals surface area contributed by atoms with Crippen molar-refractivity contribution < 1.29 is 9.59 Å².